The van der Waals surface area contributed by atoms with Gasteiger partial charge in [-0.05, 0) is 36.8 Å². The fourth-order valence-electron chi connectivity index (χ4n) is 2.20. The van der Waals surface area contributed by atoms with Crippen LogP contribution in [0.4, 0.5) is 5.69 Å². The SMILES string of the molecule is CC/C(=N\NC(=O)CNc1ccccc1OC)c1cc(Br)ccc1O. The number of phenolic OH excluding ortho intramolecular Hbond substituents is 1. The molecule has 1 amide bonds. The summed E-state index contributed by atoms with van der Waals surface area (Å²) < 4.78 is 6.05. The van der Waals surface area contributed by atoms with Gasteiger partial charge >= 0.3 is 0 Å². The molecule has 0 atom stereocenters. The molecule has 0 heterocycles. The third kappa shape index (κ3) is 5.22. The zero-order valence-electron chi connectivity index (χ0n) is 14.0. The number of carbonyl (C=O) groups is 1. The first-order chi connectivity index (χ1) is 12.0. The number of phenols is 1. The van der Waals surface area contributed by atoms with Crippen LogP contribution >= 0.6 is 15.9 Å². The fourth-order valence-corrected chi connectivity index (χ4v) is 2.57. The number of anilines is 1. The van der Waals surface area contributed by atoms with Gasteiger partial charge < -0.3 is 15.2 Å². The Labute approximate surface area is 155 Å². The standard InChI is InChI=1S/C18H20BrN3O3/c1-3-14(13-10-12(19)8-9-16(13)23)21-22-18(24)11-20-15-6-4-5-7-17(15)25-2/h4-10,20,23H,3,11H2,1-2H3,(H,22,24)/b21-14+. The Morgan fingerprint density at radius 2 is 2.04 bits per heavy atom. The van der Waals surface area contributed by atoms with Crippen molar-refractivity contribution in [3.05, 3.63) is 52.5 Å². The number of hydrogen-bond acceptors (Lipinski definition) is 5. The maximum Gasteiger partial charge on any atom is 0.259 e. The Morgan fingerprint density at radius 1 is 1.28 bits per heavy atom. The van der Waals surface area contributed by atoms with Gasteiger partial charge in [0.25, 0.3) is 5.91 Å². The molecule has 132 valence electrons. The van der Waals surface area contributed by atoms with E-state index in [4.69, 9.17) is 4.74 Å². The minimum absolute atomic E-state index is 0.0470. The summed E-state index contributed by atoms with van der Waals surface area (Å²) in [5.74, 6) is 0.476. The first kappa shape index (κ1) is 18.8. The molecule has 0 aliphatic carbocycles. The second kappa shape index (κ2) is 9.08. The van der Waals surface area contributed by atoms with Crippen LogP contribution < -0.4 is 15.5 Å². The lowest BCUT2D eigenvalue weighted by Crippen LogP contribution is -2.27. The number of aromatic hydroxyl groups is 1. The smallest absolute Gasteiger partial charge is 0.259 e. The van der Waals surface area contributed by atoms with Gasteiger partial charge in [-0.3, -0.25) is 4.79 Å². The molecule has 0 saturated heterocycles. The van der Waals surface area contributed by atoms with Crippen molar-refractivity contribution in [2.45, 2.75) is 13.3 Å². The summed E-state index contributed by atoms with van der Waals surface area (Å²) in [6.07, 6.45) is 0.560. The topological polar surface area (TPSA) is 83.0 Å². The van der Waals surface area contributed by atoms with Crippen LogP contribution in [-0.4, -0.2) is 30.4 Å². The van der Waals surface area contributed by atoms with Gasteiger partial charge in [-0.2, -0.15) is 5.10 Å². The molecule has 2 aromatic rings. The molecule has 0 fully saturated rings. The van der Waals surface area contributed by atoms with Gasteiger partial charge in [-0.25, -0.2) is 5.43 Å². The van der Waals surface area contributed by atoms with Crippen molar-refractivity contribution in [2.75, 3.05) is 19.0 Å². The van der Waals surface area contributed by atoms with E-state index >= 15 is 0 Å². The molecule has 6 nitrogen and oxygen atoms in total. The maximum atomic E-state index is 12.0. The molecule has 0 aliphatic rings. The van der Waals surface area contributed by atoms with Crippen molar-refractivity contribution in [3.8, 4) is 11.5 Å². The zero-order chi connectivity index (χ0) is 18.2. The predicted molar refractivity (Wildman–Crippen MR) is 102 cm³/mol. The van der Waals surface area contributed by atoms with Crippen LogP contribution in [0.2, 0.25) is 0 Å². The van der Waals surface area contributed by atoms with Crippen LogP contribution in [0, 0.1) is 0 Å². The average Bonchev–Trinajstić information content (AvgIpc) is 2.63. The summed E-state index contributed by atoms with van der Waals surface area (Å²) in [6, 6.07) is 12.4. The number of para-hydroxylation sites is 2. The van der Waals surface area contributed by atoms with Crippen LogP contribution in [0.25, 0.3) is 0 Å². The van der Waals surface area contributed by atoms with E-state index < -0.39 is 0 Å². The molecule has 7 heteroatoms. The van der Waals surface area contributed by atoms with Crippen LogP contribution in [0.15, 0.2) is 52.0 Å². The van der Waals surface area contributed by atoms with E-state index in [1.807, 2.05) is 31.2 Å². The minimum atomic E-state index is -0.300. The van der Waals surface area contributed by atoms with Crippen molar-refractivity contribution in [1.29, 1.82) is 0 Å². The minimum Gasteiger partial charge on any atom is -0.507 e. The van der Waals surface area contributed by atoms with E-state index in [1.165, 1.54) is 0 Å². The van der Waals surface area contributed by atoms with Crippen molar-refractivity contribution < 1.29 is 14.6 Å². The highest BCUT2D eigenvalue weighted by Gasteiger charge is 2.10. The van der Waals surface area contributed by atoms with Gasteiger partial charge in [0.05, 0.1) is 25.1 Å². The highest BCUT2D eigenvalue weighted by molar-refractivity contribution is 9.10. The molecule has 2 aromatic carbocycles. The lowest BCUT2D eigenvalue weighted by atomic mass is 10.1. The highest BCUT2D eigenvalue weighted by atomic mass is 79.9. The fraction of sp³-hybridized carbons (Fsp3) is 0.222. The molecular weight excluding hydrogens is 386 g/mol. The predicted octanol–water partition coefficient (Wildman–Crippen LogP) is 3.51. The van der Waals surface area contributed by atoms with Crippen LogP contribution in [0.3, 0.4) is 0 Å². The molecule has 2 rings (SSSR count). The molecular formula is C18H20BrN3O3. The third-order valence-corrected chi connectivity index (χ3v) is 3.96. The largest absolute Gasteiger partial charge is 0.507 e. The Balaban J connectivity index is 2.01. The summed E-state index contributed by atoms with van der Waals surface area (Å²) in [7, 11) is 1.57. The molecule has 0 radical (unpaired) electrons. The van der Waals surface area contributed by atoms with Gasteiger partial charge in [0.15, 0.2) is 0 Å². The Kier molecular flexibility index (Phi) is 6.82. The lowest BCUT2D eigenvalue weighted by molar-refractivity contribution is -0.119. The number of amides is 1. The van der Waals surface area contributed by atoms with E-state index in [2.05, 4.69) is 31.8 Å². The summed E-state index contributed by atoms with van der Waals surface area (Å²) in [4.78, 5) is 12.0. The zero-order valence-corrected chi connectivity index (χ0v) is 15.6. The van der Waals surface area contributed by atoms with Gasteiger partial charge in [-0.15, -0.1) is 0 Å². The highest BCUT2D eigenvalue weighted by Crippen LogP contribution is 2.24. The normalized spacial score (nSPS) is 11.1. The Hall–Kier alpha value is -2.54. The van der Waals surface area contributed by atoms with Crippen molar-refractivity contribution >= 4 is 33.2 Å². The number of nitrogens with one attached hydrogen (secondary N) is 2. The average molecular weight is 406 g/mol. The van der Waals surface area contributed by atoms with Crippen LogP contribution in [-0.2, 0) is 4.79 Å². The van der Waals surface area contributed by atoms with E-state index in [1.54, 1.807) is 25.3 Å². The van der Waals surface area contributed by atoms with Gasteiger partial charge in [-0.1, -0.05) is 35.0 Å². The lowest BCUT2D eigenvalue weighted by Gasteiger charge is -2.11. The monoisotopic (exact) mass is 405 g/mol. The Morgan fingerprint density at radius 3 is 2.76 bits per heavy atom. The number of rotatable bonds is 7. The molecule has 25 heavy (non-hydrogen) atoms. The summed E-state index contributed by atoms with van der Waals surface area (Å²) >= 11 is 3.36. The van der Waals surface area contributed by atoms with Crippen LogP contribution in [0.1, 0.15) is 18.9 Å². The van der Waals surface area contributed by atoms with E-state index in [0.29, 0.717) is 23.4 Å². The number of nitrogens with zero attached hydrogens (tertiary/aromatic N) is 1. The van der Waals surface area contributed by atoms with Crippen molar-refractivity contribution in [1.82, 2.24) is 5.43 Å². The number of benzene rings is 2. The summed E-state index contributed by atoms with van der Waals surface area (Å²) in [5, 5.41) is 17.1. The van der Waals surface area contributed by atoms with Gasteiger partial charge in [0.2, 0.25) is 0 Å². The number of hydrogen-bond donors (Lipinski definition) is 3. The summed E-state index contributed by atoms with van der Waals surface area (Å²) in [6.45, 7) is 1.95. The van der Waals surface area contributed by atoms with E-state index in [9.17, 15) is 9.90 Å². The first-order valence-corrected chi connectivity index (χ1v) is 8.55. The van der Waals surface area contributed by atoms with Gasteiger partial charge in [0.1, 0.15) is 11.5 Å². The van der Waals surface area contributed by atoms with Crippen molar-refractivity contribution in [3.63, 3.8) is 0 Å². The molecule has 0 bridgehead atoms. The maximum absolute atomic E-state index is 12.0. The molecule has 3 N–H and O–H groups in total. The molecule has 0 aromatic heterocycles. The second-order valence-corrected chi connectivity index (χ2v) is 6.08. The van der Waals surface area contributed by atoms with Crippen LogP contribution in [0.5, 0.6) is 11.5 Å². The number of halogens is 1. The van der Waals surface area contributed by atoms with E-state index in [0.717, 1.165) is 10.2 Å². The first-order valence-electron chi connectivity index (χ1n) is 7.76. The third-order valence-electron chi connectivity index (χ3n) is 3.47. The molecule has 0 aliphatic heterocycles. The second-order valence-electron chi connectivity index (χ2n) is 5.16. The molecule has 0 spiro atoms. The van der Waals surface area contributed by atoms with Gasteiger partial charge in [0, 0.05) is 10.0 Å². The Bertz CT molecular complexity index is 778. The quantitative estimate of drug-likeness (QED) is 0.486. The number of methoxy groups -OCH3 is 1. The summed E-state index contributed by atoms with van der Waals surface area (Å²) in [5.41, 5.74) is 4.40. The number of ether oxygens (including phenoxy) is 1. The van der Waals surface area contributed by atoms with E-state index in [-0.39, 0.29) is 18.2 Å². The molecule has 0 saturated carbocycles. The van der Waals surface area contributed by atoms with Crippen molar-refractivity contribution in [2.24, 2.45) is 5.10 Å². The molecule has 0 unspecified atom stereocenters. The number of hydrazone groups is 1. The number of carbonyl (C=O) groups excluding carboxylic acids is 1.